The predicted molar refractivity (Wildman–Crippen MR) is 75.2 cm³/mol. The summed E-state index contributed by atoms with van der Waals surface area (Å²) in [5.74, 6) is -1.53. The Bertz CT molecular complexity index is 590. The van der Waals surface area contributed by atoms with Crippen LogP contribution in [0.15, 0.2) is 36.1 Å². The van der Waals surface area contributed by atoms with Crippen molar-refractivity contribution in [1.29, 1.82) is 0 Å². The maximum Gasteiger partial charge on any atom is 0.326 e. The van der Waals surface area contributed by atoms with Crippen molar-refractivity contribution in [3.8, 4) is 0 Å². The summed E-state index contributed by atoms with van der Waals surface area (Å²) in [6, 6.07) is 2.75. The number of rotatable bonds is 6. The standard InChI is InChI=1S/C13H13N3O3S/c17-12(4-3-10-2-1-5-20-10)16-11(13(18)19)6-9-7-14-8-15-9/h1-5,7-8,11H,6H2,(H,14,15)(H,16,17)(H,18,19)/b4-3+/t11-/m1/s1. The fourth-order valence-electron chi connectivity index (χ4n) is 1.58. The fourth-order valence-corrected chi connectivity index (χ4v) is 2.20. The van der Waals surface area contributed by atoms with Crippen molar-refractivity contribution in [2.75, 3.05) is 0 Å². The third-order valence-corrected chi connectivity index (χ3v) is 3.37. The van der Waals surface area contributed by atoms with E-state index in [2.05, 4.69) is 15.3 Å². The zero-order valence-electron chi connectivity index (χ0n) is 10.4. The summed E-state index contributed by atoms with van der Waals surface area (Å²) in [6.07, 6.45) is 6.13. The number of nitrogens with one attached hydrogen (secondary N) is 2. The average Bonchev–Trinajstić information content (AvgIpc) is 3.08. The monoisotopic (exact) mass is 291 g/mol. The minimum Gasteiger partial charge on any atom is -0.480 e. The van der Waals surface area contributed by atoms with Crippen LogP contribution in [0, 0.1) is 0 Å². The number of amides is 1. The Kier molecular flexibility index (Phi) is 4.67. The maximum atomic E-state index is 11.7. The van der Waals surface area contributed by atoms with Gasteiger partial charge in [-0.2, -0.15) is 0 Å². The van der Waals surface area contributed by atoms with Crippen LogP contribution >= 0.6 is 11.3 Å². The number of hydrogen-bond donors (Lipinski definition) is 3. The largest absolute Gasteiger partial charge is 0.480 e. The molecule has 2 aromatic heterocycles. The quantitative estimate of drug-likeness (QED) is 0.699. The number of aliphatic carboxylic acids is 1. The first-order valence-corrected chi connectivity index (χ1v) is 6.75. The van der Waals surface area contributed by atoms with E-state index in [1.807, 2.05) is 17.5 Å². The van der Waals surface area contributed by atoms with Gasteiger partial charge in [0.05, 0.1) is 6.33 Å². The predicted octanol–water partition coefficient (Wildman–Crippen LogP) is 1.30. The van der Waals surface area contributed by atoms with Gasteiger partial charge in [-0.1, -0.05) is 6.07 Å². The zero-order valence-corrected chi connectivity index (χ0v) is 11.3. The van der Waals surface area contributed by atoms with E-state index in [1.54, 1.807) is 6.08 Å². The summed E-state index contributed by atoms with van der Waals surface area (Å²) in [5, 5.41) is 13.4. The Morgan fingerprint density at radius 2 is 2.40 bits per heavy atom. The van der Waals surface area contributed by atoms with Crippen LogP contribution in [0.25, 0.3) is 6.08 Å². The van der Waals surface area contributed by atoms with E-state index in [1.165, 1.54) is 29.9 Å². The first kappa shape index (κ1) is 14.0. The van der Waals surface area contributed by atoms with Gasteiger partial charge in [-0.3, -0.25) is 4.79 Å². The molecule has 1 atom stereocenters. The molecule has 0 saturated heterocycles. The minimum atomic E-state index is -1.09. The number of imidazole rings is 1. The zero-order chi connectivity index (χ0) is 14.4. The topological polar surface area (TPSA) is 95.1 Å². The molecule has 104 valence electrons. The first-order chi connectivity index (χ1) is 9.65. The lowest BCUT2D eigenvalue weighted by atomic mass is 10.1. The lowest BCUT2D eigenvalue weighted by molar-refractivity contribution is -0.141. The summed E-state index contributed by atoms with van der Waals surface area (Å²) in [5.41, 5.74) is 0.653. The van der Waals surface area contributed by atoms with E-state index in [-0.39, 0.29) is 6.42 Å². The number of H-pyrrole nitrogens is 1. The number of carbonyl (C=O) groups is 2. The molecule has 2 heterocycles. The molecule has 2 rings (SSSR count). The molecule has 0 aliphatic rings. The van der Waals surface area contributed by atoms with E-state index in [0.29, 0.717) is 5.69 Å². The van der Waals surface area contributed by atoms with Gasteiger partial charge in [-0.25, -0.2) is 9.78 Å². The van der Waals surface area contributed by atoms with Gasteiger partial charge in [-0.05, 0) is 17.5 Å². The molecule has 7 heteroatoms. The van der Waals surface area contributed by atoms with Crippen molar-refractivity contribution in [3.05, 3.63) is 46.7 Å². The van der Waals surface area contributed by atoms with Crippen molar-refractivity contribution >= 4 is 29.3 Å². The van der Waals surface area contributed by atoms with E-state index in [9.17, 15) is 9.59 Å². The van der Waals surface area contributed by atoms with Crippen LogP contribution in [-0.2, 0) is 16.0 Å². The number of carboxylic acids is 1. The van der Waals surface area contributed by atoms with Gasteiger partial charge in [0.1, 0.15) is 6.04 Å². The second-order valence-corrected chi connectivity index (χ2v) is 5.01. The molecule has 6 nitrogen and oxygen atoms in total. The van der Waals surface area contributed by atoms with E-state index in [0.717, 1.165) is 4.88 Å². The smallest absolute Gasteiger partial charge is 0.326 e. The molecule has 0 radical (unpaired) electrons. The molecule has 20 heavy (non-hydrogen) atoms. The van der Waals surface area contributed by atoms with Crippen molar-refractivity contribution in [3.63, 3.8) is 0 Å². The minimum absolute atomic E-state index is 0.161. The molecule has 0 aromatic carbocycles. The second kappa shape index (κ2) is 6.67. The highest BCUT2D eigenvalue weighted by Gasteiger charge is 2.19. The number of nitrogens with zero attached hydrogens (tertiary/aromatic N) is 1. The summed E-state index contributed by atoms with van der Waals surface area (Å²) in [4.78, 5) is 30.4. The van der Waals surface area contributed by atoms with Crippen LogP contribution in [0.2, 0.25) is 0 Å². The lowest BCUT2D eigenvalue weighted by Crippen LogP contribution is -2.41. The van der Waals surface area contributed by atoms with Crippen LogP contribution in [0.3, 0.4) is 0 Å². The van der Waals surface area contributed by atoms with Crippen LogP contribution in [0.1, 0.15) is 10.6 Å². The molecule has 0 spiro atoms. The second-order valence-electron chi connectivity index (χ2n) is 4.03. The molecule has 3 N–H and O–H groups in total. The molecule has 0 aliphatic heterocycles. The van der Waals surface area contributed by atoms with E-state index >= 15 is 0 Å². The number of thiophene rings is 1. The van der Waals surface area contributed by atoms with Gasteiger partial charge in [0.2, 0.25) is 5.91 Å². The molecule has 0 bridgehead atoms. The SMILES string of the molecule is O=C(/C=C/c1cccs1)N[C@H](Cc1cnc[nH]1)C(=O)O. The van der Waals surface area contributed by atoms with Gasteiger partial charge in [0.15, 0.2) is 0 Å². The van der Waals surface area contributed by atoms with Crippen molar-refractivity contribution in [1.82, 2.24) is 15.3 Å². The molecule has 0 unspecified atom stereocenters. The fraction of sp³-hybridized carbons (Fsp3) is 0.154. The van der Waals surface area contributed by atoms with Gasteiger partial charge >= 0.3 is 5.97 Å². The van der Waals surface area contributed by atoms with E-state index in [4.69, 9.17) is 5.11 Å². The molecular formula is C13H13N3O3S. The highest BCUT2D eigenvalue weighted by Crippen LogP contribution is 2.10. The maximum absolute atomic E-state index is 11.7. The van der Waals surface area contributed by atoms with Crippen LogP contribution in [-0.4, -0.2) is 33.0 Å². The number of carboxylic acid groups (broad SMARTS) is 1. The van der Waals surface area contributed by atoms with Gasteiger partial charge in [-0.15, -0.1) is 11.3 Å². The van der Waals surface area contributed by atoms with Gasteiger partial charge in [0, 0.05) is 29.3 Å². The van der Waals surface area contributed by atoms with Crippen molar-refractivity contribution in [2.45, 2.75) is 12.5 Å². The Morgan fingerprint density at radius 1 is 1.55 bits per heavy atom. The normalized spacial score (nSPS) is 12.4. The average molecular weight is 291 g/mol. The van der Waals surface area contributed by atoms with Crippen molar-refractivity contribution in [2.24, 2.45) is 0 Å². The van der Waals surface area contributed by atoms with Gasteiger partial charge < -0.3 is 15.4 Å². The summed E-state index contributed by atoms with van der Waals surface area (Å²) < 4.78 is 0. The summed E-state index contributed by atoms with van der Waals surface area (Å²) in [7, 11) is 0. The van der Waals surface area contributed by atoms with Crippen LogP contribution in [0.4, 0.5) is 0 Å². The molecule has 1 amide bonds. The van der Waals surface area contributed by atoms with Crippen LogP contribution in [0.5, 0.6) is 0 Å². The van der Waals surface area contributed by atoms with E-state index < -0.39 is 17.9 Å². The Labute approximate surface area is 119 Å². The number of carbonyl (C=O) groups excluding carboxylic acids is 1. The number of aromatic amines is 1. The molecule has 0 saturated carbocycles. The molecule has 0 aliphatic carbocycles. The molecule has 0 fully saturated rings. The lowest BCUT2D eigenvalue weighted by Gasteiger charge is -2.11. The molecule has 2 aromatic rings. The Hall–Kier alpha value is -2.41. The van der Waals surface area contributed by atoms with Crippen LogP contribution < -0.4 is 5.32 Å². The highest BCUT2D eigenvalue weighted by molar-refractivity contribution is 7.10. The summed E-state index contributed by atoms with van der Waals surface area (Å²) >= 11 is 1.50. The number of hydrogen-bond acceptors (Lipinski definition) is 4. The van der Waals surface area contributed by atoms with Crippen molar-refractivity contribution < 1.29 is 14.7 Å². The first-order valence-electron chi connectivity index (χ1n) is 5.87. The Balaban J connectivity index is 1.94. The van der Waals surface area contributed by atoms with Gasteiger partial charge in [0.25, 0.3) is 0 Å². The third-order valence-electron chi connectivity index (χ3n) is 2.54. The number of aromatic nitrogens is 2. The Morgan fingerprint density at radius 3 is 3.00 bits per heavy atom. The summed E-state index contributed by atoms with van der Waals surface area (Å²) in [6.45, 7) is 0. The highest BCUT2D eigenvalue weighted by atomic mass is 32.1. The molecular weight excluding hydrogens is 278 g/mol. The third kappa shape index (κ3) is 4.06.